The van der Waals surface area contributed by atoms with Crippen LogP contribution in [0.4, 0.5) is 0 Å². The zero-order chi connectivity index (χ0) is 14.6. The first-order valence-electron chi connectivity index (χ1n) is 7.96. The van der Waals surface area contributed by atoms with E-state index in [2.05, 4.69) is 17.6 Å². The van der Waals surface area contributed by atoms with Crippen LogP contribution in [0.15, 0.2) is 18.2 Å². The van der Waals surface area contributed by atoms with Crippen molar-refractivity contribution in [1.82, 2.24) is 5.43 Å². The van der Waals surface area contributed by atoms with Crippen molar-refractivity contribution < 1.29 is 9.47 Å². The maximum atomic E-state index is 5.91. The minimum Gasteiger partial charge on any atom is -0.497 e. The van der Waals surface area contributed by atoms with Gasteiger partial charge in [0.05, 0.1) is 14.2 Å². The molecule has 4 nitrogen and oxygen atoms in total. The topological polar surface area (TPSA) is 56.5 Å². The quantitative estimate of drug-likeness (QED) is 0.645. The fraction of sp³-hybridized carbons (Fsp3) is 0.647. The summed E-state index contributed by atoms with van der Waals surface area (Å²) in [6.45, 7) is 0. The van der Waals surface area contributed by atoms with E-state index in [1.807, 2.05) is 6.07 Å². The summed E-state index contributed by atoms with van der Waals surface area (Å²) in [7, 11) is 3.38. The Morgan fingerprint density at radius 2 is 1.62 bits per heavy atom. The first-order valence-corrected chi connectivity index (χ1v) is 7.96. The van der Waals surface area contributed by atoms with Crippen molar-refractivity contribution in [3.05, 3.63) is 23.8 Å². The fourth-order valence-electron chi connectivity index (χ4n) is 5.28. The average molecular weight is 288 g/mol. The van der Waals surface area contributed by atoms with Gasteiger partial charge < -0.3 is 9.47 Å². The van der Waals surface area contributed by atoms with E-state index in [9.17, 15) is 0 Å². The van der Waals surface area contributed by atoms with Crippen molar-refractivity contribution in [3.8, 4) is 11.5 Å². The van der Waals surface area contributed by atoms with Gasteiger partial charge in [-0.1, -0.05) is 0 Å². The van der Waals surface area contributed by atoms with Crippen molar-refractivity contribution in [2.24, 2.45) is 35.4 Å². The normalized spacial score (nSPS) is 37.2. The molecule has 0 aliphatic heterocycles. The van der Waals surface area contributed by atoms with Gasteiger partial charge in [0.25, 0.3) is 0 Å². The maximum absolute atomic E-state index is 5.91. The van der Waals surface area contributed by atoms with Crippen LogP contribution in [-0.2, 0) is 0 Å². The smallest absolute Gasteiger partial charge is 0.122 e. The van der Waals surface area contributed by atoms with Crippen molar-refractivity contribution in [2.45, 2.75) is 25.3 Å². The molecule has 0 saturated heterocycles. The summed E-state index contributed by atoms with van der Waals surface area (Å²) in [5, 5.41) is 0. The Balaban J connectivity index is 1.62. The molecule has 5 atom stereocenters. The molecule has 1 aromatic rings. The van der Waals surface area contributed by atoms with E-state index >= 15 is 0 Å². The molecule has 4 heteroatoms. The van der Waals surface area contributed by atoms with Crippen LogP contribution >= 0.6 is 0 Å². The van der Waals surface area contributed by atoms with Gasteiger partial charge in [0, 0.05) is 12.1 Å². The number of ether oxygens (including phenoxy) is 2. The predicted octanol–water partition coefficient (Wildman–Crippen LogP) is 2.50. The van der Waals surface area contributed by atoms with E-state index < -0.39 is 0 Å². The Labute approximate surface area is 126 Å². The molecule has 0 spiro atoms. The highest BCUT2D eigenvalue weighted by atomic mass is 16.5. The van der Waals surface area contributed by atoms with Crippen LogP contribution in [0.5, 0.6) is 11.5 Å². The highest BCUT2D eigenvalue weighted by Crippen LogP contribution is 2.72. The Morgan fingerprint density at radius 1 is 1.05 bits per heavy atom. The predicted molar refractivity (Wildman–Crippen MR) is 80.9 cm³/mol. The molecule has 5 unspecified atom stereocenters. The van der Waals surface area contributed by atoms with Gasteiger partial charge in [-0.25, -0.2) is 0 Å². The Morgan fingerprint density at radius 3 is 2.10 bits per heavy atom. The summed E-state index contributed by atoms with van der Waals surface area (Å²) >= 11 is 0. The second-order valence-corrected chi connectivity index (χ2v) is 6.86. The zero-order valence-corrected chi connectivity index (χ0v) is 12.7. The molecule has 0 heterocycles. The molecule has 4 rings (SSSR count). The van der Waals surface area contributed by atoms with Gasteiger partial charge in [0.15, 0.2) is 0 Å². The second-order valence-electron chi connectivity index (χ2n) is 6.86. The Bertz CT molecular complexity index is 509. The molecule has 3 N–H and O–H groups in total. The maximum Gasteiger partial charge on any atom is 0.122 e. The fourth-order valence-corrected chi connectivity index (χ4v) is 5.28. The molecule has 3 aliphatic rings. The van der Waals surface area contributed by atoms with E-state index in [4.69, 9.17) is 15.3 Å². The molecule has 0 amide bonds. The van der Waals surface area contributed by atoms with E-state index in [0.717, 1.165) is 35.2 Å². The lowest BCUT2D eigenvalue weighted by molar-refractivity contribution is 0.365. The summed E-state index contributed by atoms with van der Waals surface area (Å²) in [5.74, 6) is 12.0. The first kappa shape index (κ1) is 13.4. The summed E-state index contributed by atoms with van der Waals surface area (Å²) in [5.41, 5.74) is 4.26. The van der Waals surface area contributed by atoms with Crippen LogP contribution in [0.1, 0.15) is 30.9 Å². The molecule has 1 aromatic carbocycles. The van der Waals surface area contributed by atoms with Gasteiger partial charge in [-0.3, -0.25) is 11.3 Å². The van der Waals surface area contributed by atoms with Crippen LogP contribution in [0.3, 0.4) is 0 Å². The second kappa shape index (κ2) is 4.89. The number of rotatable bonds is 5. The van der Waals surface area contributed by atoms with E-state index in [1.165, 1.54) is 24.8 Å². The van der Waals surface area contributed by atoms with Gasteiger partial charge in [-0.15, -0.1) is 0 Å². The van der Waals surface area contributed by atoms with Crippen LogP contribution in [-0.4, -0.2) is 14.2 Å². The molecule has 114 valence electrons. The summed E-state index contributed by atoms with van der Waals surface area (Å²) in [6.07, 6.45) is 4.33. The van der Waals surface area contributed by atoms with Gasteiger partial charge >= 0.3 is 0 Å². The van der Waals surface area contributed by atoms with Crippen LogP contribution in [0, 0.1) is 29.6 Å². The standard InChI is InChI=1S/C17H24N2O2/c1-20-12-6-11(7-13(8-12)21-2)17(19-18)16-14-9-3-4-10(5-9)15(14)16/h6-10,14-17,19H,3-5,18H2,1-2H3. The number of benzene rings is 1. The number of hydrogen-bond acceptors (Lipinski definition) is 4. The molecular weight excluding hydrogens is 264 g/mol. The third-order valence-corrected chi connectivity index (χ3v) is 6.09. The van der Waals surface area contributed by atoms with E-state index in [0.29, 0.717) is 5.92 Å². The molecule has 2 bridgehead atoms. The number of hydrogen-bond donors (Lipinski definition) is 2. The highest BCUT2D eigenvalue weighted by molar-refractivity contribution is 5.41. The summed E-state index contributed by atoms with van der Waals surface area (Å²) in [4.78, 5) is 0. The van der Waals surface area contributed by atoms with E-state index in [-0.39, 0.29) is 6.04 Å². The number of hydrazine groups is 1. The molecule has 3 fully saturated rings. The van der Waals surface area contributed by atoms with Gasteiger partial charge in [-0.2, -0.15) is 0 Å². The van der Waals surface area contributed by atoms with E-state index in [1.54, 1.807) is 14.2 Å². The molecule has 21 heavy (non-hydrogen) atoms. The zero-order valence-electron chi connectivity index (χ0n) is 12.7. The third kappa shape index (κ3) is 1.96. The lowest BCUT2D eigenvalue weighted by Crippen LogP contribution is -2.31. The minimum atomic E-state index is 0.215. The molecular formula is C17H24N2O2. The Hall–Kier alpha value is -1.26. The molecule has 0 radical (unpaired) electrons. The van der Waals surface area contributed by atoms with Crippen molar-refractivity contribution in [2.75, 3.05) is 14.2 Å². The van der Waals surface area contributed by atoms with Gasteiger partial charge in [-0.05, 0) is 66.5 Å². The lowest BCUT2D eigenvalue weighted by Gasteiger charge is -2.21. The third-order valence-electron chi connectivity index (χ3n) is 6.09. The molecule has 0 aromatic heterocycles. The summed E-state index contributed by atoms with van der Waals surface area (Å²) < 4.78 is 10.8. The van der Waals surface area contributed by atoms with Gasteiger partial charge in [0.2, 0.25) is 0 Å². The largest absolute Gasteiger partial charge is 0.497 e. The highest BCUT2D eigenvalue weighted by Gasteiger charge is 2.66. The summed E-state index contributed by atoms with van der Waals surface area (Å²) in [6, 6.07) is 6.30. The van der Waals surface area contributed by atoms with Crippen LogP contribution in [0.25, 0.3) is 0 Å². The van der Waals surface area contributed by atoms with Crippen molar-refractivity contribution in [3.63, 3.8) is 0 Å². The van der Waals surface area contributed by atoms with Gasteiger partial charge in [0.1, 0.15) is 11.5 Å². The number of nitrogens with one attached hydrogen (secondary N) is 1. The SMILES string of the molecule is COc1cc(OC)cc(C(NN)C2C3C4CCC(C4)C32)c1. The molecule has 3 aliphatic carbocycles. The van der Waals surface area contributed by atoms with Crippen molar-refractivity contribution in [1.29, 1.82) is 0 Å². The van der Waals surface area contributed by atoms with Crippen LogP contribution in [0.2, 0.25) is 0 Å². The van der Waals surface area contributed by atoms with Crippen molar-refractivity contribution >= 4 is 0 Å². The molecule has 3 saturated carbocycles. The number of fused-ring (bicyclic) bond motifs is 5. The lowest BCUT2D eigenvalue weighted by atomic mass is 9.93. The number of nitrogens with two attached hydrogens (primary N) is 1. The average Bonchev–Trinajstić information content (AvgIpc) is 2.93. The Kier molecular flexibility index (Phi) is 3.12. The first-order chi connectivity index (χ1) is 10.3. The van der Waals surface area contributed by atoms with Crippen LogP contribution < -0.4 is 20.7 Å². The number of methoxy groups -OCH3 is 2. The monoisotopic (exact) mass is 288 g/mol. The minimum absolute atomic E-state index is 0.215.